The second-order valence-electron chi connectivity index (χ2n) is 6.37. The number of anilines is 1. The third-order valence-electron chi connectivity index (χ3n) is 4.48. The fraction of sp³-hybridized carbons (Fsp3) is 0.190. The Morgan fingerprint density at radius 1 is 1.18 bits per heavy atom. The summed E-state index contributed by atoms with van der Waals surface area (Å²) in [6.07, 6.45) is 1.66. The third-order valence-corrected chi connectivity index (χ3v) is 4.48. The van der Waals surface area contributed by atoms with Crippen molar-refractivity contribution in [1.29, 1.82) is 0 Å². The van der Waals surface area contributed by atoms with Crippen molar-refractivity contribution >= 4 is 28.7 Å². The Morgan fingerprint density at radius 3 is 2.79 bits per heavy atom. The number of fused-ring (bicyclic) bond motifs is 1. The number of carbonyl (C=O) groups is 2. The van der Waals surface area contributed by atoms with Gasteiger partial charge in [-0.3, -0.25) is 9.69 Å². The topological polar surface area (TPSA) is 79.3 Å². The predicted molar refractivity (Wildman–Crippen MR) is 107 cm³/mol. The van der Waals surface area contributed by atoms with Crippen LogP contribution in [0.1, 0.15) is 5.56 Å². The predicted octanol–water partition coefficient (Wildman–Crippen LogP) is 1.73. The van der Waals surface area contributed by atoms with E-state index >= 15 is 0 Å². The molecule has 2 heterocycles. The van der Waals surface area contributed by atoms with Gasteiger partial charge in [0.1, 0.15) is 6.54 Å². The number of para-hydroxylation sites is 2. The highest BCUT2D eigenvalue weighted by atomic mass is 16.2. The van der Waals surface area contributed by atoms with Gasteiger partial charge in [-0.25, -0.2) is 9.78 Å². The summed E-state index contributed by atoms with van der Waals surface area (Å²) < 4.78 is 1.81. The smallest absolute Gasteiger partial charge is 0.321 e. The number of carbonyl (C=O) groups excluding carboxylic acids is 2. The highest BCUT2D eigenvalue weighted by molar-refractivity contribution is 5.94. The fourth-order valence-electron chi connectivity index (χ4n) is 3.08. The monoisotopic (exact) mass is 373 g/mol. The van der Waals surface area contributed by atoms with E-state index in [4.69, 9.17) is 0 Å². The van der Waals surface area contributed by atoms with E-state index in [1.807, 2.05) is 53.1 Å². The summed E-state index contributed by atoms with van der Waals surface area (Å²) >= 11 is 0. The van der Waals surface area contributed by atoms with E-state index in [1.54, 1.807) is 11.2 Å². The van der Waals surface area contributed by atoms with Gasteiger partial charge < -0.3 is 15.2 Å². The molecular formula is C21H19N5O2. The SMILES string of the molecule is O=C(Cn1cnc2ccccc21)NCC#Cc1ccc(N2CCNC2=O)cc1. The van der Waals surface area contributed by atoms with Crippen LogP contribution in [0.3, 0.4) is 0 Å². The molecule has 1 saturated heterocycles. The molecule has 0 saturated carbocycles. The number of hydrogen-bond donors (Lipinski definition) is 2. The molecule has 7 heteroatoms. The first kappa shape index (κ1) is 17.6. The van der Waals surface area contributed by atoms with Crippen molar-refractivity contribution < 1.29 is 9.59 Å². The molecule has 0 unspecified atom stereocenters. The molecule has 2 aromatic carbocycles. The molecule has 7 nitrogen and oxygen atoms in total. The number of aromatic nitrogens is 2. The maximum absolute atomic E-state index is 12.1. The first-order valence-corrected chi connectivity index (χ1v) is 9.01. The number of rotatable bonds is 4. The number of nitrogens with zero attached hydrogens (tertiary/aromatic N) is 3. The number of amides is 3. The van der Waals surface area contributed by atoms with Crippen LogP contribution in [0, 0.1) is 11.8 Å². The van der Waals surface area contributed by atoms with E-state index in [-0.39, 0.29) is 25.0 Å². The lowest BCUT2D eigenvalue weighted by Crippen LogP contribution is -2.27. The summed E-state index contributed by atoms with van der Waals surface area (Å²) in [5.74, 6) is 5.84. The van der Waals surface area contributed by atoms with Gasteiger partial charge in [0.15, 0.2) is 0 Å². The van der Waals surface area contributed by atoms with Crippen molar-refractivity contribution in [1.82, 2.24) is 20.2 Å². The van der Waals surface area contributed by atoms with E-state index in [2.05, 4.69) is 27.5 Å². The minimum Gasteiger partial charge on any atom is -0.344 e. The van der Waals surface area contributed by atoms with Crippen LogP contribution < -0.4 is 15.5 Å². The Morgan fingerprint density at radius 2 is 2.00 bits per heavy atom. The van der Waals surface area contributed by atoms with Crippen LogP contribution in [0.4, 0.5) is 10.5 Å². The van der Waals surface area contributed by atoms with Crippen LogP contribution in [-0.4, -0.2) is 41.1 Å². The molecule has 0 bridgehead atoms. The molecule has 2 N–H and O–H groups in total. The van der Waals surface area contributed by atoms with Gasteiger partial charge in [0.2, 0.25) is 5.91 Å². The molecule has 1 aliphatic heterocycles. The van der Waals surface area contributed by atoms with Crippen LogP contribution >= 0.6 is 0 Å². The first-order valence-electron chi connectivity index (χ1n) is 9.01. The average Bonchev–Trinajstić information content (AvgIpc) is 3.32. The second-order valence-corrected chi connectivity index (χ2v) is 6.37. The summed E-state index contributed by atoms with van der Waals surface area (Å²) in [7, 11) is 0. The highest BCUT2D eigenvalue weighted by Gasteiger charge is 2.20. The van der Waals surface area contributed by atoms with E-state index in [9.17, 15) is 9.59 Å². The van der Waals surface area contributed by atoms with Gasteiger partial charge in [0.05, 0.1) is 23.9 Å². The van der Waals surface area contributed by atoms with Crippen LogP contribution in [0.2, 0.25) is 0 Å². The molecule has 1 aromatic heterocycles. The lowest BCUT2D eigenvalue weighted by Gasteiger charge is -2.13. The van der Waals surface area contributed by atoms with Crippen molar-refractivity contribution in [2.75, 3.05) is 24.5 Å². The Kier molecular flexibility index (Phi) is 4.93. The second kappa shape index (κ2) is 7.84. The number of nitrogens with one attached hydrogen (secondary N) is 2. The highest BCUT2D eigenvalue weighted by Crippen LogP contribution is 2.16. The minimum absolute atomic E-state index is 0.0767. The minimum atomic E-state index is -0.118. The molecule has 0 spiro atoms. The van der Waals surface area contributed by atoms with Gasteiger partial charge in [0, 0.05) is 24.3 Å². The normalized spacial score (nSPS) is 13.1. The Labute approximate surface area is 162 Å². The van der Waals surface area contributed by atoms with E-state index in [0.29, 0.717) is 13.1 Å². The summed E-state index contributed by atoms with van der Waals surface area (Å²) in [5, 5.41) is 5.57. The molecule has 4 rings (SSSR count). The van der Waals surface area contributed by atoms with Gasteiger partial charge in [-0.2, -0.15) is 0 Å². The third kappa shape index (κ3) is 3.81. The van der Waals surface area contributed by atoms with E-state index < -0.39 is 0 Å². The zero-order valence-electron chi connectivity index (χ0n) is 15.2. The molecule has 140 valence electrons. The summed E-state index contributed by atoms with van der Waals surface area (Å²) in [4.78, 5) is 29.7. The number of imidazole rings is 1. The molecule has 3 amide bonds. The lowest BCUT2D eigenvalue weighted by atomic mass is 10.2. The summed E-state index contributed by atoms with van der Waals surface area (Å²) in [6.45, 7) is 1.80. The Hall–Kier alpha value is -3.79. The van der Waals surface area contributed by atoms with Gasteiger partial charge >= 0.3 is 6.03 Å². The van der Waals surface area contributed by atoms with Gasteiger partial charge in [0.25, 0.3) is 0 Å². The zero-order valence-corrected chi connectivity index (χ0v) is 15.2. The molecule has 0 radical (unpaired) electrons. The first-order chi connectivity index (χ1) is 13.7. The molecule has 1 fully saturated rings. The van der Waals surface area contributed by atoms with Crippen molar-refractivity contribution in [3.63, 3.8) is 0 Å². The maximum Gasteiger partial charge on any atom is 0.321 e. The van der Waals surface area contributed by atoms with Crippen LogP contribution in [0.25, 0.3) is 11.0 Å². The summed E-state index contributed by atoms with van der Waals surface area (Å²) in [5.41, 5.74) is 3.47. The largest absolute Gasteiger partial charge is 0.344 e. The van der Waals surface area contributed by atoms with E-state index in [1.165, 1.54) is 0 Å². The molecular weight excluding hydrogens is 354 g/mol. The number of urea groups is 1. The molecule has 0 aliphatic carbocycles. The standard InChI is InChI=1S/C21H19N5O2/c27-20(14-25-15-24-18-5-1-2-6-19(18)25)22-11-3-4-16-7-9-17(10-8-16)26-13-12-23-21(26)28/h1-2,5-10,15H,11-14H2,(H,22,27)(H,23,28). The molecule has 1 aliphatic rings. The van der Waals surface area contributed by atoms with Gasteiger partial charge in [-0.1, -0.05) is 24.0 Å². The lowest BCUT2D eigenvalue weighted by molar-refractivity contribution is -0.121. The van der Waals surface area contributed by atoms with Crippen molar-refractivity contribution in [2.45, 2.75) is 6.54 Å². The van der Waals surface area contributed by atoms with Crippen molar-refractivity contribution in [3.8, 4) is 11.8 Å². The molecule has 0 atom stereocenters. The van der Waals surface area contributed by atoms with Crippen LogP contribution in [-0.2, 0) is 11.3 Å². The average molecular weight is 373 g/mol. The number of hydrogen-bond acceptors (Lipinski definition) is 3. The van der Waals surface area contributed by atoms with Crippen molar-refractivity contribution in [3.05, 3.63) is 60.4 Å². The number of benzene rings is 2. The Balaban J connectivity index is 1.30. The van der Waals surface area contributed by atoms with E-state index in [0.717, 1.165) is 22.3 Å². The molecule has 28 heavy (non-hydrogen) atoms. The Bertz CT molecular complexity index is 1080. The molecule has 3 aromatic rings. The quantitative estimate of drug-likeness (QED) is 0.684. The summed E-state index contributed by atoms with van der Waals surface area (Å²) in [6, 6.07) is 15.1. The maximum atomic E-state index is 12.1. The van der Waals surface area contributed by atoms with Gasteiger partial charge in [-0.05, 0) is 36.4 Å². The van der Waals surface area contributed by atoms with Crippen molar-refractivity contribution in [2.24, 2.45) is 0 Å². The van der Waals surface area contributed by atoms with Gasteiger partial charge in [-0.15, -0.1) is 0 Å². The van der Waals surface area contributed by atoms with Crippen LogP contribution in [0.15, 0.2) is 54.9 Å². The fourth-order valence-corrected chi connectivity index (χ4v) is 3.08. The van der Waals surface area contributed by atoms with Crippen LogP contribution in [0.5, 0.6) is 0 Å². The zero-order chi connectivity index (χ0) is 19.3.